The number of thiophene rings is 1. The van der Waals surface area contributed by atoms with Crippen LogP contribution in [0.1, 0.15) is 21.7 Å². The second-order valence-corrected chi connectivity index (χ2v) is 6.67. The van der Waals surface area contributed by atoms with Gasteiger partial charge in [-0.2, -0.15) is 24.5 Å². The quantitative estimate of drug-likeness (QED) is 0.611. The van der Waals surface area contributed by atoms with Gasteiger partial charge in [0.05, 0.1) is 21.8 Å². The van der Waals surface area contributed by atoms with Gasteiger partial charge in [0.25, 0.3) is 0 Å². The molecule has 2 heterocycles. The first-order valence-corrected chi connectivity index (χ1v) is 8.39. The van der Waals surface area contributed by atoms with Crippen LogP contribution in [0.3, 0.4) is 0 Å². The standard InChI is InChI=1S/C16H11F3N2S2/c1-9-14(13(20)11-6-7-22-8-11)23-15(21-9)10-2-4-12(5-3-10)16(17,18)19/h2-8,20H,1H3. The molecular formula is C16H11F3N2S2. The molecule has 0 aliphatic rings. The van der Waals surface area contributed by atoms with Crippen LogP contribution in [0.4, 0.5) is 13.2 Å². The van der Waals surface area contributed by atoms with E-state index >= 15 is 0 Å². The molecule has 0 saturated carbocycles. The summed E-state index contributed by atoms with van der Waals surface area (Å²) < 4.78 is 37.8. The van der Waals surface area contributed by atoms with Gasteiger partial charge in [-0.15, -0.1) is 11.3 Å². The number of hydrogen-bond acceptors (Lipinski definition) is 4. The highest BCUT2D eigenvalue weighted by molar-refractivity contribution is 7.17. The number of halogens is 3. The second kappa shape index (κ2) is 5.90. The maximum atomic E-state index is 12.6. The van der Waals surface area contributed by atoms with Crippen LogP contribution in [0, 0.1) is 12.3 Å². The first-order valence-electron chi connectivity index (χ1n) is 6.63. The third-order valence-electron chi connectivity index (χ3n) is 3.29. The lowest BCUT2D eigenvalue weighted by atomic mass is 10.1. The van der Waals surface area contributed by atoms with Crippen molar-refractivity contribution in [2.24, 2.45) is 0 Å². The number of aromatic nitrogens is 1. The highest BCUT2D eigenvalue weighted by atomic mass is 32.1. The van der Waals surface area contributed by atoms with Gasteiger partial charge < -0.3 is 0 Å². The first kappa shape index (κ1) is 15.9. The molecule has 0 aliphatic carbocycles. The van der Waals surface area contributed by atoms with Crippen molar-refractivity contribution in [1.29, 1.82) is 5.41 Å². The minimum absolute atomic E-state index is 0.388. The average Bonchev–Trinajstić information content (AvgIpc) is 3.15. The molecule has 1 N–H and O–H groups in total. The van der Waals surface area contributed by atoms with Crippen LogP contribution in [0.15, 0.2) is 41.1 Å². The van der Waals surface area contributed by atoms with Crippen molar-refractivity contribution < 1.29 is 13.2 Å². The fraction of sp³-hybridized carbons (Fsp3) is 0.125. The van der Waals surface area contributed by atoms with Crippen LogP contribution in [0.25, 0.3) is 10.6 Å². The summed E-state index contributed by atoms with van der Waals surface area (Å²) in [7, 11) is 0. The van der Waals surface area contributed by atoms with Crippen molar-refractivity contribution in [2.45, 2.75) is 13.1 Å². The smallest absolute Gasteiger partial charge is 0.299 e. The average molecular weight is 352 g/mol. The van der Waals surface area contributed by atoms with E-state index < -0.39 is 11.7 Å². The number of nitrogens with zero attached hydrogens (tertiary/aromatic N) is 1. The molecule has 0 saturated heterocycles. The molecule has 2 aromatic heterocycles. The molecular weight excluding hydrogens is 341 g/mol. The van der Waals surface area contributed by atoms with Crippen LogP contribution >= 0.6 is 22.7 Å². The largest absolute Gasteiger partial charge is 0.416 e. The summed E-state index contributed by atoms with van der Waals surface area (Å²) in [5.74, 6) is 0. The zero-order valence-electron chi connectivity index (χ0n) is 11.9. The minimum Gasteiger partial charge on any atom is -0.299 e. The van der Waals surface area contributed by atoms with Gasteiger partial charge in [-0.05, 0) is 30.5 Å². The van der Waals surface area contributed by atoms with Gasteiger partial charge in [0.15, 0.2) is 0 Å². The molecule has 0 unspecified atom stereocenters. The molecule has 23 heavy (non-hydrogen) atoms. The lowest BCUT2D eigenvalue weighted by molar-refractivity contribution is -0.137. The summed E-state index contributed by atoms with van der Waals surface area (Å²) in [6.07, 6.45) is -4.34. The van der Waals surface area contributed by atoms with Gasteiger partial charge in [-0.25, -0.2) is 4.98 Å². The molecule has 1 aromatic carbocycles. The van der Waals surface area contributed by atoms with Crippen LogP contribution in [-0.2, 0) is 6.18 Å². The van der Waals surface area contributed by atoms with E-state index in [2.05, 4.69) is 4.98 Å². The Hall–Kier alpha value is -1.99. The number of alkyl halides is 3. The molecule has 3 aromatic rings. The third-order valence-corrected chi connectivity index (χ3v) is 5.20. The number of hydrogen-bond donors (Lipinski definition) is 1. The Balaban J connectivity index is 1.93. The number of nitrogens with one attached hydrogen (secondary N) is 1. The molecule has 0 amide bonds. The lowest BCUT2D eigenvalue weighted by Crippen LogP contribution is -2.03. The van der Waals surface area contributed by atoms with Crippen molar-refractivity contribution in [3.05, 3.63) is 62.8 Å². The Morgan fingerprint density at radius 1 is 1.13 bits per heavy atom. The zero-order valence-corrected chi connectivity index (χ0v) is 13.6. The van der Waals surface area contributed by atoms with Gasteiger partial charge >= 0.3 is 6.18 Å². The SMILES string of the molecule is Cc1nc(-c2ccc(C(F)(F)F)cc2)sc1C(=N)c1ccsc1. The molecule has 0 bridgehead atoms. The minimum atomic E-state index is -4.34. The molecule has 2 nitrogen and oxygen atoms in total. The molecule has 0 spiro atoms. The van der Waals surface area contributed by atoms with E-state index in [4.69, 9.17) is 5.41 Å². The highest BCUT2D eigenvalue weighted by Gasteiger charge is 2.30. The van der Waals surface area contributed by atoms with E-state index in [-0.39, 0.29) is 0 Å². The van der Waals surface area contributed by atoms with Crippen molar-refractivity contribution >= 4 is 28.4 Å². The number of aryl methyl sites for hydroxylation is 1. The number of thiazole rings is 1. The number of rotatable bonds is 3. The first-order chi connectivity index (χ1) is 10.9. The maximum absolute atomic E-state index is 12.6. The van der Waals surface area contributed by atoms with E-state index in [1.807, 2.05) is 16.8 Å². The van der Waals surface area contributed by atoms with Gasteiger partial charge in [0, 0.05) is 16.5 Å². The van der Waals surface area contributed by atoms with Crippen molar-refractivity contribution in [2.75, 3.05) is 0 Å². The van der Waals surface area contributed by atoms with Gasteiger partial charge in [-0.1, -0.05) is 12.1 Å². The Morgan fingerprint density at radius 3 is 2.39 bits per heavy atom. The predicted molar refractivity (Wildman–Crippen MR) is 87.5 cm³/mol. The zero-order chi connectivity index (χ0) is 16.6. The normalized spacial score (nSPS) is 11.7. The summed E-state index contributed by atoms with van der Waals surface area (Å²) in [6, 6.07) is 6.80. The van der Waals surface area contributed by atoms with Crippen molar-refractivity contribution in [3.63, 3.8) is 0 Å². The summed E-state index contributed by atoms with van der Waals surface area (Å²) in [5, 5.41) is 12.7. The van der Waals surface area contributed by atoms with E-state index in [1.165, 1.54) is 34.8 Å². The molecule has 7 heteroatoms. The topological polar surface area (TPSA) is 36.7 Å². The van der Waals surface area contributed by atoms with Crippen molar-refractivity contribution in [3.8, 4) is 10.6 Å². The fourth-order valence-electron chi connectivity index (χ4n) is 2.09. The maximum Gasteiger partial charge on any atom is 0.416 e. The monoisotopic (exact) mass is 352 g/mol. The summed E-state index contributed by atoms with van der Waals surface area (Å²) in [4.78, 5) is 5.14. The Labute approximate surface area is 138 Å². The van der Waals surface area contributed by atoms with E-state index in [0.29, 0.717) is 22.0 Å². The number of benzene rings is 1. The van der Waals surface area contributed by atoms with Crippen molar-refractivity contribution in [1.82, 2.24) is 4.98 Å². The molecule has 0 aliphatic heterocycles. The van der Waals surface area contributed by atoms with Crippen LogP contribution < -0.4 is 0 Å². The Morgan fingerprint density at radius 2 is 1.83 bits per heavy atom. The highest BCUT2D eigenvalue weighted by Crippen LogP contribution is 2.33. The van der Waals surface area contributed by atoms with E-state index in [9.17, 15) is 13.2 Å². The van der Waals surface area contributed by atoms with Crippen LogP contribution in [0.5, 0.6) is 0 Å². The summed E-state index contributed by atoms with van der Waals surface area (Å²) >= 11 is 2.83. The van der Waals surface area contributed by atoms with E-state index in [1.54, 1.807) is 6.92 Å². The fourth-order valence-corrected chi connectivity index (χ4v) is 3.78. The van der Waals surface area contributed by atoms with Gasteiger partial charge in [-0.3, -0.25) is 5.41 Å². The summed E-state index contributed by atoms with van der Waals surface area (Å²) in [6.45, 7) is 1.81. The van der Waals surface area contributed by atoms with Gasteiger partial charge in [0.2, 0.25) is 0 Å². The summed E-state index contributed by atoms with van der Waals surface area (Å²) in [5.41, 5.74) is 1.86. The molecule has 0 radical (unpaired) electrons. The predicted octanol–water partition coefficient (Wildman–Crippen LogP) is 5.61. The molecule has 0 atom stereocenters. The third kappa shape index (κ3) is 3.20. The van der Waals surface area contributed by atoms with E-state index in [0.717, 1.165) is 22.6 Å². The Kier molecular flexibility index (Phi) is 4.08. The molecule has 0 fully saturated rings. The molecule has 3 rings (SSSR count). The second-order valence-electron chi connectivity index (χ2n) is 4.90. The van der Waals surface area contributed by atoms with Crippen LogP contribution in [0.2, 0.25) is 0 Å². The lowest BCUT2D eigenvalue weighted by Gasteiger charge is -2.06. The van der Waals surface area contributed by atoms with Gasteiger partial charge in [0.1, 0.15) is 5.01 Å². The molecule has 118 valence electrons. The Bertz CT molecular complexity index is 831. The van der Waals surface area contributed by atoms with Crippen LogP contribution in [-0.4, -0.2) is 10.7 Å².